The van der Waals surface area contributed by atoms with Gasteiger partial charge < -0.3 is 25.4 Å². The Morgan fingerprint density at radius 1 is 0.635 bits per heavy atom. The van der Waals surface area contributed by atoms with Crippen molar-refractivity contribution in [2.75, 3.05) is 0 Å². The summed E-state index contributed by atoms with van der Waals surface area (Å²) in [5, 5.41) is 0. The monoisotopic (exact) mass is 1030 g/mol. The number of benzene rings is 5. The van der Waals surface area contributed by atoms with Gasteiger partial charge in [-0.15, -0.1) is 48.0 Å². The van der Waals surface area contributed by atoms with Crippen LogP contribution in [0.4, 0.5) is 11.4 Å². The van der Waals surface area contributed by atoms with Crippen molar-refractivity contribution in [3.63, 3.8) is 0 Å². The zero-order valence-electron chi connectivity index (χ0n) is 27.2. The summed E-state index contributed by atoms with van der Waals surface area (Å²) in [6, 6.07) is 62.2. The van der Waals surface area contributed by atoms with E-state index in [-0.39, 0.29) is 42.1 Å². The summed E-state index contributed by atoms with van der Waals surface area (Å²) in [5.41, 5.74) is 5.04. The molecule has 2 aromatic heterocycles. The third kappa shape index (κ3) is 9.70. The predicted molar refractivity (Wildman–Crippen MR) is 190 cm³/mol. The molecule has 8 heteroatoms. The molecule has 0 fully saturated rings. The molecule has 0 radical (unpaired) electrons. The van der Waals surface area contributed by atoms with Crippen molar-refractivity contribution < 1.29 is 60.8 Å². The molecule has 0 saturated carbocycles. The molecule has 0 aliphatic carbocycles. The number of para-hydroxylation sites is 2. The first-order valence-electron chi connectivity index (χ1n) is 15.6. The van der Waals surface area contributed by atoms with E-state index in [1.54, 1.807) is 23.2 Å². The molecule has 0 unspecified atom stereocenters. The Balaban J connectivity index is 0.000000523. The van der Waals surface area contributed by atoms with Gasteiger partial charge in [0, 0.05) is 47.5 Å². The second kappa shape index (κ2) is 18.4. The minimum Gasteiger partial charge on any atom is -0.669 e. The molecule has 0 spiro atoms. The standard InChI is InChI=1S/C38H22N3O2.C6H4N.2Pt/c1-3-12-32(13-4-1)40-22-23-41(28-40)33-14-9-19-37(27-33)43-36-18-8-11-31(25-36)38-26-30(20-21-39-38)29-10-7-17-35(24-29)42-34-15-5-2-6-16-34;1-2-7-5-3-4-6-7;;/h1-15,17-19,21-23,26H;3-6H;;/q-3;-1;+2;+4. The summed E-state index contributed by atoms with van der Waals surface area (Å²) in [4.78, 5) is 4.54. The molecular formula is C44H26N4O2Pt2+2. The molecule has 0 bridgehead atoms. The Labute approximate surface area is 332 Å². The average molecular weight is 1030 g/mol. The van der Waals surface area contributed by atoms with Gasteiger partial charge in [0.25, 0.3) is 12.4 Å². The van der Waals surface area contributed by atoms with Crippen LogP contribution in [0.1, 0.15) is 0 Å². The maximum absolute atomic E-state index is 6.57. The van der Waals surface area contributed by atoms with Crippen molar-refractivity contribution in [3.05, 3.63) is 195 Å². The van der Waals surface area contributed by atoms with Gasteiger partial charge in [-0.3, -0.25) is 11.1 Å². The predicted octanol–water partition coefficient (Wildman–Crippen LogP) is 9.53. The number of rotatable bonds is 8. The topological polar surface area (TPSA) is 42.3 Å². The summed E-state index contributed by atoms with van der Waals surface area (Å²) < 4.78 is 17.4. The van der Waals surface area contributed by atoms with E-state index >= 15 is 0 Å². The van der Waals surface area contributed by atoms with E-state index in [2.05, 4.69) is 47.4 Å². The first kappa shape index (κ1) is 37.4. The van der Waals surface area contributed by atoms with Crippen molar-refractivity contribution >= 4 is 17.4 Å². The first-order chi connectivity index (χ1) is 24.7. The molecule has 3 heterocycles. The molecule has 0 atom stereocenters. The van der Waals surface area contributed by atoms with Gasteiger partial charge in [0.2, 0.25) is 5.69 Å². The molecule has 6 nitrogen and oxygen atoms in total. The van der Waals surface area contributed by atoms with E-state index in [9.17, 15) is 0 Å². The summed E-state index contributed by atoms with van der Waals surface area (Å²) >= 11 is 0. The van der Waals surface area contributed by atoms with Crippen molar-refractivity contribution in [1.82, 2.24) is 9.55 Å². The molecule has 7 aromatic rings. The summed E-state index contributed by atoms with van der Waals surface area (Å²) in [6.45, 7) is 0. The van der Waals surface area contributed by atoms with Gasteiger partial charge in [0.1, 0.15) is 5.69 Å². The van der Waals surface area contributed by atoms with Crippen LogP contribution in [0.5, 0.6) is 23.0 Å². The molecule has 1 aliphatic heterocycles. The Kier molecular flexibility index (Phi) is 13.3. The van der Waals surface area contributed by atoms with Gasteiger partial charge in [0.05, 0.1) is 0 Å². The number of pyridine rings is 1. The second-order valence-electron chi connectivity index (χ2n) is 10.7. The smallest absolute Gasteiger partial charge is 0.669 e. The third-order valence-electron chi connectivity index (χ3n) is 7.29. The van der Waals surface area contributed by atoms with E-state index < -0.39 is 0 Å². The van der Waals surface area contributed by atoms with Crippen LogP contribution < -0.4 is 9.47 Å². The fourth-order valence-corrected chi connectivity index (χ4v) is 4.92. The fraction of sp³-hybridized carbons (Fsp3) is 0. The van der Waals surface area contributed by atoms with Crippen LogP contribution in [0.2, 0.25) is 0 Å². The van der Waals surface area contributed by atoms with E-state index in [1.165, 1.54) is 0 Å². The fourth-order valence-electron chi connectivity index (χ4n) is 4.92. The molecular weight excluding hydrogens is 1010 g/mol. The van der Waals surface area contributed by atoms with Gasteiger partial charge in [-0.2, -0.15) is 36.4 Å². The van der Waals surface area contributed by atoms with Crippen molar-refractivity contribution in [1.29, 1.82) is 0 Å². The first-order valence-corrected chi connectivity index (χ1v) is 15.6. The van der Waals surface area contributed by atoms with E-state index in [0.29, 0.717) is 23.0 Å². The van der Waals surface area contributed by atoms with Crippen LogP contribution in [-0.2, 0) is 42.1 Å². The van der Waals surface area contributed by atoms with Crippen molar-refractivity contribution in [2.45, 2.75) is 0 Å². The Morgan fingerprint density at radius 2 is 1.27 bits per heavy atom. The van der Waals surface area contributed by atoms with Gasteiger partial charge in [-0.05, 0) is 12.1 Å². The van der Waals surface area contributed by atoms with E-state index in [1.807, 2.05) is 149 Å². The van der Waals surface area contributed by atoms with Crippen molar-refractivity contribution in [2.24, 2.45) is 0 Å². The largest absolute Gasteiger partial charge is 4.00 e. The Bertz CT molecular complexity index is 2380. The van der Waals surface area contributed by atoms with E-state index in [0.717, 1.165) is 33.8 Å². The van der Waals surface area contributed by atoms with Crippen LogP contribution in [0.25, 0.3) is 22.4 Å². The minimum atomic E-state index is 0. The maximum Gasteiger partial charge on any atom is 4.00 e. The quantitative estimate of drug-likeness (QED) is 0.0867. The third-order valence-corrected chi connectivity index (χ3v) is 7.29. The Hall–Kier alpha value is -5.81. The van der Waals surface area contributed by atoms with Crippen LogP contribution >= 0.6 is 0 Å². The number of ether oxygens (including phenoxy) is 2. The normalized spacial score (nSPS) is 11.0. The molecule has 8 rings (SSSR count). The Morgan fingerprint density at radius 3 is 1.98 bits per heavy atom. The second-order valence-corrected chi connectivity index (χ2v) is 10.7. The van der Waals surface area contributed by atoms with Gasteiger partial charge >= 0.3 is 48.1 Å². The van der Waals surface area contributed by atoms with Crippen LogP contribution in [0.3, 0.4) is 0 Å². The van der Waals surface area contributed by atoms with Gasteiger partial charge in [-0.1, -0.05) is 57.4 Å². The average Bonchev–Trinajstić information content (AvgIpc) is 3.90. The molecule has 252 valence electrons. The van der Waals surface area contributed by atoms with Crippen LogP contribution in [-0.4, -0.2) is 24.7 Å². The molecule has 1 aliphatic rings. The van der Waals surface area contributed by atoms with Crippen LogP contribution in [0, 0.1) is 42.8 Å². The van der Waals surface area contributed by atoms with E-state index in [4.69, 9.17) is 15.9 Å². The summed E-state index contributed by atoms with van der Waals surface area (Å²) in [6.07, 6.45) is 15.6. The maximum atomic E-state index is 6.57. The van der Waals surface area contributed by atoms with Gasteiger partial charge in [0.15, 0.2) is 0 Å². The summed E-state index contributed by atoms with van der Waals surface area (Å²) in [7, 11) is 0. The molecule has 0 amide bonds. The zero-order chi connectivity index (χ0) is 34.0. The molecule has 0 N–H and O–H groups in total. The zero-order valence-corrected chi connectivity index (χ0v) is 31.8. The molecule has 5 aromatic carbocycles. The van der Waals surface area contributed by atoms with Crippen LogP contribution in [0.15, 0.2) is 158 Å². The number of aromatic nitrogens is 2. The molecule has 0 saturated heterocycles. The molecule has 52 heavy (non-hydrogen) atoms. The van der Waals surface area contributed by atoms with Gasteiger partial charge in [-0.25, -0.2) is 24.2 Å². The number of hydrogen-bond acceptors (Lipinski definition) is 3. The summed E-state index contributed by atoms with van der Waals surface area (Å²) in [5.74, 6) is 2.35. The minimum absolute atomic E-state index is 0. The SMILES string of the molecule is C1=[N+](c2[c-]c(Oc3[c-]c(-c4cc(-c5[c-]c(Oc6[c-]cccc6)ccc5)[c-]cn4)ccc3)ccc2)C=C[N+]=1c1ccccc1.[C-]#Cn1cccc1.[Pt+2].[Pt+4]. The number of nitrogens with zero attached hydrogens (tertiary/aromatic N) is 4. The number of hydrogen-bond donors (Lipinski definition) is 0. The van der Waals surface area contributed by atoms with Crippen molar-refractivity contribution in [3.8, 4) is 51.4 Å².